The molecular weight excluding hydrogens is 344 g/mol. The van der Waals surface area contributed by atoms with Crippen molar-refractivity contribution >= 4 is 17.4 Å². The van der Waals surface area contributed by atoms with Crippen LogP contribution >= 0.6 is 0 Å². The molecule has 6 heteroatoms. The van der Waals surface area contributed by atoms with E-state index in [9.17, 15) is 4.79 Å². The van der Waals surface area contributed by atoms with Crippen molar-refractivity contribution in [2.24, 2.45) is 0 Å². The van der Waals surface area contributed by atoms with Gasteiger partial charge in [-0.05, 0) is 48.6 Å². The Bertz CT molecular complexity index is 831. The minimum absolute atomic E-state index is 0.0218. The molecule has 0 saturated carbocycles. The molecule has 2 aromatic rings. The lowest BCUT2D eigenvalue weighted by atomic mass is 10.1. The van der Waals surface area contributed by atoms with E-state index >= 15 is 0 Å². The molecule has 0 radical (unpaired) electrons. The summed E-state index contributed by atoms with van der Waals surface area (Å²) in [6.45, 7) is 1.29. The molecule has 2 N–H and O–H groups in total. The maximum Gasteiger partial charge on any atom is 0.323 e. The maximum absolute atomic E-state index is 12.7. The van der Waals surface area contributed by atoms with Gasteiger partial charge in [-0.3, -0.25) is 0 Å². The van der Waals surface area contributed by atoms with E-state index in [1.807, 2.05) is 30.3 Å². The highest BCUT2D eigenvalue weighted by Gasteiger charge is 2.22. The maximum atomic E-state index is 12.7. The van der Waals surface area contributed by atoms with Gasteiger partial charge in [-0.15, -0.1) is 0 Å². The minimum atomic E-state index is -0.313. The standard InChI is InChI=1S/C21H24N2O4/c1-25-19-10-9-14-5-4-6-16(14)20(19)23-21(24)22-17-7-2-3-8-18(17)27-15-11-12-26-13-15/h2-3,7-10,15H,4-6,11-13H2,1H3,(H2,22,23,24)/t15-/m0/s1. The van der Waals surface area contributed by atoms with Crippen LogP contribution in [0, 0.1) is 0 Å². The summed E-state index contributed by atoms with van der Waals surface area (Å²) in [7, 11) is 1.62. The molecule has 1 fully saturated rings. The summed E-state index contributed by atoms with van der Waals surface area (Å²) >= 11 is 0. The first-order chi connectivity index (χ1) is 13.2. The van der Waals surface area contributed by atoms with E-state index in [2.05, 4.69) is 16.7 Å². The average molecular weight is 368 g/mol. The SMILES string of the molecule is COc1ccc2c(c1NC(=O)Nc1ccccc1O[C@H]1CCOC1)CCC2. The third-order valence-electron chi connectivity index (χ3n) is 5.02. The number of para-hydroxylation sites is 2. The molecule has 6 nitrogen and oxygen atoms in total. The van der Waals surface area contributed by atoms with Crippen LogP contribution < -0.4 is 20.1 Å². The summed E-state index contributed by atoms with van der Waals surface area (Å²) < 4.78 is 16.8. The fourth-order valence-corrected chi connectivity index (χ4v) is 3.68. The summed E-state index contributed by atoms with van der Waals surface area (Å²) in [5.41, 5.74) is 3.83. The Labute approximate surface area is 158 Å². The third-order valence-corrected chi connectivity index (χ3v) is 5.02. The quantitative estimate of drug-likeness (QED) is 0.837. The van der Waals surface area contributed by atoms with Crippen LogP contribution in [0.15, 0.2) is 36.4 Å². The smallest absolute Gasteiger partial charge is 0.323 e. The number of aryl methyl sites for hydroxylation is 1. The molecule has 142 valence electrons. The van der Waals surface area contributed by atoms with Gasteiger partial charge in [0.15, 0.2) is 0 Å². The average Bonchev–Trinajstić information content (AvgIpc) is 3.35. The third kappa shape index (κ3) is 3.85. The van der Waals surface area contributed by atoms with E-state index in [4.69, 9.17) is 14.2 Å². The molecule has 2 aliphatic rings. The molecule has 1 aliphatic carbocycles. The molecule has 2 aromatic carbocycles. The first-order valence-electron chi connectivity index (χ1n) is 9.35. The first-order valence-corrected chi connectivity index (χ1v) is 9.35. The molecule has 0 aromatic heterocycles. The Morgan fingerprint density at radius 1 is 1.11 bits per heavy atom. The molecule has 0 spiro atoms. The van der Waals surface area contributed by atoms with Crippen molar-refractivity contribution < 1.29 is 19.0 Å². The number of methoxy groups -OCH3 is 1. The van der Waals surface area contributed by atoms with Gasteiger partial charge in [-0.25, -0.2) is 4.79 Å². The van der Waals surface area contributed by atoms with Crippen molar-refractivity contribution in [3.8, 4) is 11.5 Å². The Morgan fingerprint density at radius 3 is 2.81 bits per heavy atom. The summed E-state index contributed by atoms with van der Waals surface area (Å²) in [5, 5.41) is 5.88. The number of urea groups is 1. The van der Waals surface area contributed by atoms with Gasteiger partial charge in [-0.2, -0.15) is 0 Å². The summed E-state index contributed by atoms with van der Waals surface area (Å²) in [4.78, 5) is 12.7. The van der Waals surface area contributed by atoms with Crippen LogP contribution in [0.25, 0.3) is 0 Å². The van der Waals surface area contributed by atoms with Gasteiger partial charge in [0.2, 0.25) is 0 Å². The predicted molar refractivity (Wildman–Crippen MR) is 104 cm³/mol. The highest BCUT2D eigenvalue weighted by atomic mass is 16.5. The van der Waals surface area contributed by atoms with Crippen LogP contribution in [-0.4, -0.2) is 32.5 Å². The normalized spacial score (nSPS) is 18.0. The molecule has 1 saturated heterocycles. The minimum Gasteiger partial charge on any atom is -0.495 e. The Kier molecular flexibility index (Phi) is 5.16. The van der Waals surface area contributed by atoms with Gasteiger partial charge >= 0.3 is 6.03 Å². The predicted octanol–water partition coefficient (Wildman–Crippen LogP) is 4.00. The zero-order valence-electron chi connectivity index (χ0n) is 15.4. The van der Waals surface area contributed by atoms with E-state index < -0.39 is 0 Å². The molecular formula is C21H24N2O4. The molecule has 27 heavy (non-hydrogen) atoms. The van der Waals surface area contributed by atoms with Crippen molar-refractivity contribution in [2.45, 2.75) is 31.8 Å². The van der Waals surface area contributed by atoms with Gasteiger partial charge in [0, 0.05) is 6.42 Å². The van der Waals surface area contributed by atoms with E-state index in [0.29, 0.717) is 30.4 Å². The number of nitrogens with one attached hydrogen (secondary N) is 2. The van der Waals surface area contributed by atoms with Crippen molar-refractivity contribution in [1.29, 1.82) is 0 Å². The number of rotatable bonds is 5. The monoisotopic (exact) mass is 368 g/mol. The molecule has 0 bridgehead atoms. The van der Waals surface area contributed by atoms with Crippen molar-refractivity contribution in [3.05, 3.63) is 47.5 Å². The van der Waals surface area contributed by atoms with E-state index in [-0.39, 0.29) is 12.1 Å². The lowest BCUT2D eigenvalue weighted by Crippen LogP contribution is -2.22. The number of benzene rings is 2. The van der Waals surface area contributed by atoms with Gasteiger partial charge < -0.3 is 24.8 Å². The summed E-state index contributed by atoms with van der Waals surface area (Å²) in [6, 6.07) is 11.1. The van der Waals surface area contributed by atoms with E-state index in [0.717, 1.165) is 36.9 Å². The van der Waals surface area contributed by atoms with Gasteiger partial charge in [0.05, 0.1) is 31.7 Å². The number of amides is 2. The zero-order valence-corrected chi connectivity index (χ0v) is 15.4. The zero-order chi connectivity index (χ0) is 18.6. The largest absolute Gasteiger partial charge is 0.495 e. The lowest BCUT2D eigenvalue weighted by Gasteiger charge is -2.18. The van der Waals surface area contributed by atoms with Crippen LogP contribution in [0.2, 0.25) is 0 Å². The van der Waals surface area contributed by atoms with Crippen molar-refractivity contribution in [3.63, 3.8) is 0 Å². The second kappa shape index (κ2) is 7.88. The Balaban J connectivity index is 1.50. The molecule has 1 heterocycles. The molecule has 4 rings (SSSR count). The number of carbonyl (C=O) groups is 1. The van der Waals surface area contributed by atoms with Crippen LogP contribution in [0.3, 0.4) is 0 Å². The topological polar surface area (TPSA) is 68.8 Å². The van der Waals surface area contributed by atoms with Crippen molar-refractivity contribution in [2.75, 3.05) is 31.0 Å². The van der Waals surface area contributed by atoms with E-state index in [1.54, 1.807) is 7.11 Å². The second-order valence-electron chi connectivity index (χ2n) is 6.81. The van der Waals surface area contributed by atoms with Gasteiger partial charge in [-0.1, -0.05) is 18.2 Å². The van der Waals surface area contributed by atoms with Crippen LogP contribution in [0.4, 0.5) is 16.2 Å². The van der Waals surface area contributed by atoms with Crippen molar-refractivity contribution in [1.82, 2.24) is 0 Å². The lowest BCUT2D eigenvalue weighted by molar-refractivity contribution is 0.142. The van der Waals surface area contributed by atoms with Crippen LogP contribution in [0.1, 0.15) is 24.0 Å². The molecule has 1 atom stereocenters. The molecule has 1 aliphatic heterocycles. The Morgan fingerprint density at radius 2 is 2.00 bits per heavy atom. The number of hydrogen-bond acceptors (Lipinski definition) is 4. The van der Waals surface area contributed by atoms with Crippen LogP contribution in [0.5, 0.6) is 11.5 Å². The number of hydrogen-bond donors (Lipinski definition) is 2. The van der Waals surface area contributed by atoms with Gasteiger partial charge in [0.1, 0.15) is 17.6 Å². The summed E-state index contributed by atoms with van der Waals surface area (Å²) in [6.07, 6.45) is 3.96. The van der Waals surface area contributed by atoms with Crippen LogP contribution in [-0.2, 0) is 17.6 Å². The highest BCUT2D eigenvalue weighted by molar-refractivity contribution is 6.02. The number of carbonyl (C=O) groups excluding carboxylic acids is 1. The number of ether oxygens (including phenoxy) is 3. The molecule has 0 unspecified atom stereocenters. The fourth-order valence-electron chi connectivity index (χ4n) is 3.68. The second-order valence-corrected chi connectivity index (χ2v) is 6.81. The summed E-state index contributed by atoms with van der Waals surface area (Å²) in [5.74, 6) is 1.33. The fraction of sp³-hybridized carbons (Fsp3) is 0.381. The molecule has 2 amide bonds. The van der Waals surface area contributed by atoms with E-state index in [1.165, 1.54) is 5.56 Å². The number of fused-ring (bicyclic) bond motifs is 1. The highest BCUT2D eigenvalue weighted by Crippen LogP contribution is 2.36. The first kappa shape index (κ1) is 17.7. The van der Waals surface area contributed by atoms with Gasteiger partial charge in [0.25, 0.3) is 0 Å². The Hall–Kier alpha value is -2.73. The number of anilines is 2.